The molecule has 21 heavy (non-hydrogen) atoms. The summed E-state index contributed by atoms with van der Waals surface area (Å²) in [4.78, 5) is 22.5. The van der Waals surface area contributed by atoms with Gasteiger partial charge in [-0.1, -0.05) is 13.8 Å². The fraction of sp³-hybridized carbons (Fsp3) is 0.500. The lowest BCUT2D eigenvalue weighted by Gasteiger charge is -2.31. The van der Waals surface area contributed by atoms with Crippen molar-refractivity contribution >= 4 is 27.5 Å². The van der Waals surface area contributed by atoms with Crippen LogP contribution >= 0.6 is 15.9 Å². The van der Waals surface area contributed by atoms with Crippen molar-refractivity contribution in [3.63, 3.8) is 0 Å². The van der Waals surface area contributed by atoms with E-state index in [-0.39, 0.29) is 11.6 Å². The Kier molecular flexibility index (Phi) is 5.86. The molecule has 0 radical (unpaired) electrons. The van der Waals surface area contributed by atoms with E-state index >= 15 is 0 Å². The zero-order valence-corrected chi connectivity index (χ0v) is 13.9. The van der Waals surface area contributed by atoms with Gasteiger partial charge in [-0.3, -0.25) is 14.9 Å². The topological polar surface area (TPSA) is 98.3 Å². The van der Waals surface area contributed by atoms with Crippen LogP contribution in [0, 0.1) is 16.0 Å². The lowest BCUT2D eigenvalue weighted by Crippen LogP contribution is -2.52. The van der Waals surface area contributed by atoms with Gasteiger partial charge in [-0.15, -0.1) is 0 Å². The van der Waals surface area contributed by atoms with Crippen molar-refractivity contribution < 1.29 is 9.72 Å². The fourth-order valence-electron chi connectivity index (χ4n) is 2.23. The molecule has 0 spiro atoms. The molecule has 0 aliphatic carbocycles. The standard InChI is InChI=1S/C14H20BrN3O3/c1-9(2)7-14(3,8-16)17-13(19)11-5-4-10(18(20)21)6-12(11)15/h4-6,9H,7-8,16H2,1-3H3,(H,17,19). The van der Waals surface area contributed by atoms with Crippen LogP contribution in [-0.2, 0) is 0 Å². The molecule has 1 atom stereocenters. The molecule has 0 aromatic heterocycles. The van der Waals surface area contributed by atoms with Crippen LogP contribution in [0.5, 0.6) is 0 Å². The second kappa shape index (κ2) is 7.00. The van der Waals surface area contributed by atoms with Crippen molar-refractivity contribution in [2.24, 2.45) is 11.7 Å². The Labute approximate surface area is 132 Å². The first-order chi connectivity index (χ1) is 9.68. The van der Waals surface area contributed by atoms with Gasteiger partial charge in [0.25, 0.3) is 11.6 Å². The monoisotopic (exact) mass is 357 g/mol. The van der Waals surface area contributed by atoms with Crippen LogP contribution < -0.4 is 11.1 Å². The summed E-state index contributed by atoms with van der Waals surface area (Å²) < 4.78 is 0.387. The third-order valence-electron chi connectivity index (χ3n) is 3.13. The summed E-state index contributed by atoms with van der Waals surface area (Å²) in [7, 11) is 0. The van der Waals surface area contributed by atoms with E-state index in [2.05, 4.69) is 35.1 Å². The first-order valence-electron chi connectivity index (χ1n) is 6.65. The summed E-state index contributed by atoms with van der Waals surface area (Å²) in [5, 5.41) is 13.6. The van der Waals surface area contributed by atoms with Crippen LogP contribution in [0.1, 0.15) is 37.6 Å². The van der Waals surface area contributed by atoms with Crippen molar-refractivity contribution in [3.05, 3.63) is 38.3 Å². The van der Waals surface area contributed by atoms with Crippen LogP contribution in [0.25, 0.3) is 0 Å². The largest absolute Gasteiger partial charge is 0.346 e. The van der Waals surface area contributed by atoms with Gasteiger partial charge in [0, 0.05) is 28.7 Å². The van der Waals surface area contributed by atoms with Gasteiger partial charge in [0.05, 0.1) is 10.5 Å². The van der Waals surface area contributed by atoms with Gasteiger partial charge < -0.3 is 11.1 Å². The maximum Gasteiger partial charge on any atom is 0.270 e. The third kappa shape index (κ3) is 4.78. The predicted molar refractivity (Wildman–Crippen MR) is 85.2 cm³/mol. The number of nitrogens with zero attached hydrogens (tertiary/aromatic N) is 1. The molecule has 1 amide bonds. The Hall–Kier alpha value is -1.47. The molecule has 116 valence electrons. The van der Waals surface area contributed by atoms with Crippen molar-refractivity contribution in [1.29, 1.82) is 0 Å². The van der Waals surface area contributed by atoms with E-state index in [1.165, 1.54) is 18.2 Å². The highest BCUT2D eigenvalue weighted by Crippen LogP contribution is 2.24. The molecule has 1 rings (SSSR count). The number of nitrogens with two attached hydrogens (primary N) is 1. The molecule has 0 fully saturated rings. The normalized spacial score (nSPS) is 13.8. The molecule has 1 unspecified atom stereocenters. The van der Waals surface area contributed by atoms with E-state index in [0.29, 0.717) is 22.5 Å². The van der Waals surface area contributed by atoms with E-state index in [1.807, 2.05) is 6.92 Å². The Morgan fingerprint density at radius 1 is 1.52 bits per heavy atom. The van der Waals surface area contributed by atoms with Crippen molar-refractivity contribution in [2.45, 2.75) is 32.7 Å². The van der Waals surface area contributed by atoms with Crippen molar-refractivity contribution in [2.75, 3.05) is 6.54 Å². The zero-order chi connectivity index (χ0) is 16.2. The molecular weight excluding hydrogens is 338 g/mol. The third-order valence-corrected chi connectivity index (χ3v) is 3.79. The van der Waals surface area contributed by atoms with Gasteiger partial charge in [-0.25, -0.2) is 0 Å². The van der Waals surface area contributed by atoms with Crippen LogP contribution in [0.4, 0.5) is 5.69 Å². The molecule has 1 aromatic rings. The fourth-order valence-corrected chi connectivity index (χ4v) is 2.78. The zero-order valence-electron chi connectivity index (χ0n) is 12.4. The minimum atomic E-state index is -0.507. The Morgan fingerprint density at radius 3 is 2.57 bits per heavy atom. The number of nitrogens with one attached hydrogen (secondary N) is 1. The number of carbonyl (C=O) groups excluding carboxylic acids is 1. The lowest BCUT2D eigenvalue weighted by atomic mass is 9.90. The highest BCUT2D eigenvalue weighted by molar-refractivity contribution is 9.10. The maximum absolute atomic E-state index is 12.3. The number of halogens is 1. The average Bonchev–Trinajstić information content (AvgIpc) is 2.37. The van der Waals surface area contributed by atoms with E-state index < -0.39 is 10.5 Å². The number of hydrogen-bond donors (Lipinski definition) is 2. The van der Waals surface area contributed by atoms with Crippen LogP contribution in [0.15, 0.2) is 22.7 Å². The molecule has 0 aliphatic heterocycles. The molecule has 7 heteroatoms. The molecule has 6 nitrogen and oxygen atoms in total. The highest BCUT2D eigenvalue weighted by atomic mass is 79.9. The molecule has 0 saturated heterocycles. The summed E-state index contributed by atoms with van der Waals surface area (Å²) in [6.45, 7) is 6.33. The van der Waals surface area contributed by atoms with Gasteiger partial charge >= 0.3 is 0 Å². The summed E-state index contributed by atoms with van der Waals surface area (Å²) >= 11 is 3.20. The second-order valence-electron chi connectivity index (χ2n) is 5.74. The van der Waals surface area contributed by atoms with E-state index in [4.69, 9.17) is 5.73 Å². The molecule has 1 aromatic carbocycles. The minimum absolute atomic E-state index is 0.0674. The summed E-state index contributed by atoms with van der Waals surface area (Å²) in [6, 6.07) is 4.06. The van der Waals surface area contributed by atoms with Crippen LogP contribution in [0.2, 0.25) is 0 Å². The number of rotatable bonds is 6. The Morgan fingerprint density at radius 2 is 2.14 bits per heavy atom. The summed E-state index contributed by atoms with van der Waals surface area (Å²) in [5.74, 6) is 0.0875. The number of carbonyl (C=O) groups is 1. The van der Waals surface area contributed by atoms with E-state index in [0.717, 1.165) is 6.42 Å². The second-order valence-corrected chi connectivity index (χ2v) is 6.59. The van der Waals surface area contributed by atoms with Crippen LogP contribution in [0.3, 0.4) is 0 Å². The minimum Gasteiger partial charge on any atom is -0.346 e. The molecule has 0 heterocycles. The lowest BCUT2D eigenvalue weighted by molar-refractivity contribution is -0.384. The van der Waals surface area contributed by atoms with Gasteiger partial charge in [0.1, 0.15) is 0 Å². The number of amides is 1. The first kappa shape index (κ1) is 17.6. The van der Waals surface area contributed by atoms with Crippen LogP contribution in [-0.4, -0.2) is 22.9 Å². The van der Waals surface area contributed by atoms with Gasteiger partial charge in [0.2, 0.25) is 0 Å². The maximum atomic E-state index is 12.3. The van der Waals surface area contributed by atoms with Gasteiger partial charge in [-0.05, 0) is 41.3 Å². The Bertz CT molecular complexity index is 548. The molecule has 0 saturated carbocycles. The smallest absolute Gasteiger partial charge is 0.270 e. The SMILES string of the molecule is CC(C)CC(C)(CN)NC(=O)c1ccc([N+](=O)[O-])cc1Br. The molecule has 0 aliphatic rings. The number of nitro groups is 1. The number of benzene rings is 1. The number of nitro benzene ring substituents is 1. The van der Waals surface area contributed by atoms with Crippen molar-refractivity contribution in [1.82, 2.24) is 5.32 Å². The van der Waals surface area contributed by atoms with E-state index in [1.54, 1.807) is 0 Å². The Balaban J connectivity index is 2.96. The molecular formula is C14H20BrN3O3. The van der Waals surface area contributed by atoms with Crippen molar-refractivity contribution in [3.8, 4) is 0 Å². The van der Waals surface area contributed by atoms with Gasteiger partial charge in [-0.2, -0.15) is 0 Å². The predicted octanol–water partition coefficient (Wildman–Crippen LogP) is 2.85. The summed E-state index contributed by atoms with van der Waals surface area (Å²) in [6.07, 6.45) is 0.750. The number of non-ortho nitro benzene ring substituents is 1. The molecule has 0 bridgehead atoms. The number of hydrogen-bond acceptors (Lipinski definition) is 4. The van der Waals surface area contributed by atoms with Gasteiger partial charge in [0.15, 0.2) is 0 Å². The average molecular weight is 358 g/mol. The molecule has 3 N–H and O–H groups in total. The van der Waals surface area contributed by atoms with E-state index in [9.17, 15) is 14.9 Å². The highest BCUT2D eigenvalue weighted by Gasteiger charge is 2.27. The quantitative estimate of drug-likeness (QED) is 0.603. The summed E-state index contributed by atoms with van der Waals surface area (Å²) in [5.41, 5.74) is 5.54. The first-order valence-corrected chi connectivity index (χ1v) is 7.44.